The Kier molecular flexibility index (Phi) is 5.43. The number of methoxy groups -OCH3 is 1. The number of fused-ring (bicyclic) bond motifs is 3. The molecule has 2 aromatic carbocycles. The van der Waals surface area contributed by atoms with Crippen LogP contribution in [0.5, 0.6) is 11.6 Å². The maximum atomic E-state index is 12.8. The first kappa shape index (κ1) is 23.4. The molecule has 6 rings (SSSR count). The normalized spacial score (nSPS) is 29.8. The zero-order valence-corrected chi connectivity index (χ0v) is 20.3. The molecule has 1 saturated carbocycles. The number of aromatic nitrogens is 1. The van der Waals surface area contributed by atoms with Crippen LogP contribution in [0, 0.1) is 28.6 Å². The van der Waals surface area contributed by atoms with Gasteiger partial charge in [0.15, 0.2) is 11.2 Å². The molecule has 3 aliphatic rings. The number of ether oxygens (including phenoxy) is 2. The summed E-state index contributed by atoms with van der Waals surface area (Å²) >= 11 is 0. The van der Waals surface area contributed by atoms with Crippen molar-refractivity contribution in [1.29, 1.82) is 10.5 Å². The first-order valence-corrected chi connectivity index (χ1v) is 12.3. The van der Waals surface area contributed by atoms with Gasteiger partial charge in [0.25, 0.3) is 0 Å². The van der Waals surface area contributed by atoms with E-state index in [1.165, 1.54) is 13.2 Å². The number of pyridine rings is 1. The zero-order chi connectivity index (χ0) is 25.8. The minimum Gasteiger partial charge on any atom is -0.481 e. The van der Waals surface area contributed by atoms with Crippen molar-refractivity contribution in [3.63, 3.8) is 0 Å². The fourth-order valence-corrected chi connectivity index (χ4v) is 6.50. The molecule has 0 spiro atoms. The molecule has 0 bridgehead atoms. The number of aliphatic hydroxyl groups is 2. The van der Waals surface area contributed by atoms with Gasteiger partial charge >= 0.3 is 0 Å². The molecule has 186 valence electrons. The van der Waals surface area contributed by atoms with Gasteiger partial charge in [-0.25, -0.2) is 4.98 Å². The number of hydrogen-bond donors (Lipinski definition) is 2. The van der Waals surface area contributed by atoms with E-state index in [1.54, 1.807) is 24.3 Å². The van der Waals surface area contributed by atoms with Crippen molar-refractivity contribution in [1.82, 2.24) is 9.88 Å². The summed E-state index contributed by atoms with van der Waals surface area (Å²) in [4.78, 5) is 6.57. The van der Waals surface area contributed by atoms with Gasteiger partial charge in [0, 0.05) is 24.4 Å². The van der Waals surface area contributed by atoms with E-state index in [1.807, 2.05) is 36.4 Å². The molecule has 8 nitrogen and oxygen atoms in total. The second-order valence-electron chi connectivity index (χ2n) is 9.95. The van der Waals surface area contributed by atoms with Gasteiger partial charge in [-0.15, -0.1) is 0 Å². The van der Waals surface area contributed by atoms with E-state index in [4.69, 9.17) is 9.47 Å². The van der Waals surface area contributed by atoms with E-state index >= 15 is 0 Å². The van der Waals surface area contributed by atoms with Crippen LogP contribution in [0.4, 0.5) is 0 Å². The van der Waals surface area contributed by atoms with Crippen molar-refractivity contribution in [2.75, 3.05) is 26.7 Å². The summed E-state index contributed by atoms with van der Waals surface area (Å²) in [6.07, 6.45) is -0.142. The molecule has 8 heteroatoms. The van der Waals surface area contributed by atoms with E-state index in [0.29, 0.717) is 17.7 Å². The van der Waals surface area contributed by atoms with Crippen LogP contribution in [-0.4, -0.2) is 52.9 Å². The Balaban J connectivity index is 1.66. The standard InChI is InChI=1S/C29H26N4O4/c1-36-27-25-23(14-21(16-31)32-27)37-29(20-10-8-18(15-30)9-11-20)24(19-6-3-2-4-7-19)22(17-33-12-5-13-33)26(34)28(25,29)35/h2-4,6-11,14,22,24,26,34-35H,5,12-13,17H2,1H3/t22-,24-,26-,28+,29+/m1/s1. The molecule has 2 N–H and O–H groups in total. The third-order valence-electron chi connectivity index (χ3n) is 8.20. The smallest absolute Gasteiger partial charge is 0.224 e. The Bertz CT molecular complexity index is 1430. The minimum absolute atomic E-state index is 0.0440. The summed E-state index contributed by atoms with van der Waals surface area (Å²) in [7, 11) is 1.42. The number of likely N-dealkylation sites (tertiary alicyclic amines) is 1. The second-order valence-corrected chi connectivity index (χ2v) is 9.95. The molecule has 3 heterocycles. The molecule has 0 radical (unpaired) electrons. The molecule has 37 heavy (non-hydrogen) atoms. The highest BCUT2D eigenvalue weighted by Crippen LogP contribution is 2.69. The predicted octanol–water partition coefficient (Wildman–Crippen LogP) is 2.79. The van der Waals surface area contributed by atoms with Gasteiger partial charge in [-0.2, -0.15) is 10.5 Å². The highest BCUT2D eigenvalue weighted by atomic mass is 16.5. The van der Waals surface area contributed by atoms with Crippen LogP contribution < -0.4 is 9.47 Å². The van der Waals surface area contributed by atoms with Crippen molar-refractivity contribution < 1.29 is 19.7 Å². The first-order chi connectivity index (χ1) is 18.0. The summed E-state index contributed by atoms with van der Waals surface area (Å²) in [6, 6.07) is 22.3. The SMILES string of the molecule is COc1nc(C#N)cc2c1[C@]1(O)[C@H](O)[C@H](CN3CCC3)[C@@H](c3ccccc3)[C@]1(c1ccc(C#N)cc1)O2. The van der Waals surface area contributed by atoms with Crippen molar-refractivity contribution in [3.05, 3.63) is 88.6 Å². The number of hydrogen-bond acceptors (Lipinski definition) is 8. The molecule has 1 saturated heterocycles. The summed E-state index contributed by atoms with van der Waals surface area (Å²) in [5.74, 6) is -0.568. The van der Waals surface area contributed by atoms with Crippen LogP contribution in [0.3, 0.4) is 0 Å². The second kappa shape index (κ2) is 8.57. The van der Waals surface area contributed by atoms with E-state index in [2.05, 4.69) is 16.0 Å². The third kappa shape index (κ3) is 3.14. The van der Waals surface area contributed by atoms with Gasteiger partial charge in [0.2, 0.25) is 5.88 Å². The first-order valence-electron chi connectivity index (χ1n) is 12.3. The monoisotopic (exact) mass is 494 g/mol. The average molecular weight is 495 g/mol. The lowest BCUT2D eigenvalue weighted by atomic mass is 9.70. The maximum absolute atomic E-state index is 12.8. The Morgan fingerprint density at radius 2 is 1.84 bits per heavy atom. The summed E-state index contributed by atoms with van der Waals surface area (Å²) in [5.41, 5.74) is -1.11. The van der Waals surface area contributed by atoms with Crippen LogP contribution in [0.25, 0.3) is 0 Å². The molecule has 1 aliphatic carbocycles. The summed E-state index contributed by atoms with van der Waals surface area (Å²) in [6.45, 7) is 2.44. The fraction of sp³-hybridized carbons (Fsp3) is 0.345. The van der Waals surface area contributed by atoms with Gasteiger partial charge in [-0.05, 0) is 42.8 Å². The van der Waals surface area contributed by atoms with Crippen LogP contribution in [0.2, 0.25) is 0 Å². The highest BCUT2D eigenvalue weighted by molar-refractivity contribution is 5.60. The van der Waals surface area contributed by atoms with E-state index in [0.717, 1.165) is 25.1 Å². The summed E-state index contributed by atoms with van der Waals surface area (Å²) < 4.78 is 12.3. The van der Waals surface area contributed by atoms with Crippen LogP contribution in [0.15, 0.2) is 60.7 Å². The molecular weight excluding hydrogens is 468 g/mol. The molecule has 3 aromatic rings. The lowest BCUT2D eigenvalue weighted by Crippen LogP contribution is -2.52. The predicted molar refractivity (Wildman–Crippen MR) is 133 cm³/mol. The molecule has 0 amide bonds. The molecular formula is C29H26N4O4. The van der Waals surface area contributed by atoms with E-state index < -0.39 is 29.1 Å². The lowest BCUT2D eigenvalue weighted by Gasteiger charge is -2.41. The Morgan fingerprint density at radius 1 is 1.11 bits per heavy atom. The van der Waals surface area contributed by atoms with E-state index in [-0.39, 0.29) is 22.9 Å². The Hall–Kier alpha value is -3.95. The largest absolute Gasteiger partial charge is 0.481 e. The molecule has 2 aliphatic heterocycles. The number of aliphatic hydroxyl groups excluding tert-OH is 1. The minimum atomic E-state index is -1.95. The molecule has 1 aromatic heterocycles. The van der Waals surface area contributed by atoms with Crippen molar-refractivity contribution in [2.45, 2.75) is 29.6 Å². The van der Waals surface area contributed by atoms with Crippen molar-refractivity contribution >= 4 is 0 Å². The molecule has 0 unspecified atom stereocenters. The van der Waals surface area contributed by atoms with Crippen molar-refractivity contribution in [2.24, 2.45) is 5.92 Å². The van der Waals surface area contributed by atoms with Crippen LogP contribution >= 0.6 is 0 Å². The quantitative estimate of drug-likeness (QED) is 0.555. The number of nitrogens with zero attached hydrogens (tertiary/aromatic N) is 4. The van der Waals surface area contributed by atoms with Gasteiger partial charge in [0.1, 0.15) is 17.5 Å². The molecule has 5 atom stereocenters. The topological polar surface area (TPSA) is 123 Å². The van der Waals surface area contributed by atoms with Crippen LogP contribution in [-0.2, 0) is 11.2 Å². The molecule has 2 fully saturated rings. The van der Waals surface area contributed by atoms with Gasteiger partial charge in [-0.3, -0.25) is 0 Å². The number of benzene rings is 2. The van der Waals surface area contributed by atoms with Crippen molar-refractivity contribution in [3.8, 4) is 23.8 Å². The average Bonchev–Trinajstić information content (AvgIpc) is 3.28. The van der Waals surface area contributed by atoms with Crippen LogP contribution in [0.1, 0.15) is 40.3 Å². The van der Waals surface area contributed by atoms with Gasteiger partial charge in [-0.1, -0.05) is 42.5 Å². The highest BCUT2D eigenvalue weighted by Gasteiger charge is 2.77. The summed E-state index contributed by atoms with van der Waals surface area (Å²) in [5, 5.41) is 43.9. The maximum Gasteiger partial charge on any atom is 0.224 e. The number of rotatable bonds is 5. The van der Waals surface area contributed by atoms with Gasteiger partial charge in [0.05, 0.1) is 30.4 Å². The third-order valence-corrected chi connectivity index (χ3v) is 8.20. The van der Waals surface area contributed by atoms with E-state index in [9.17, 15) is 20.7 Å². The number of nitriles is 2. The van der Waals surface area contributed by atoms with Gasteiger partial charge < -0.3 is 24.6 Å². The lowest BCUT2D eigenvalue weighted by molar-refractivity contribution is -0.152. The zero-order valence-electron chi connectivity index (χ0n) is 20.3. The Morgan fingerprint density at radius 3 is 2.43 bits per heavy atom. The fourth-order valence-electron chi connectivity index (χ4n) is 6.50. The Labute approximate surface area is 214 Å².